The molecule has 1 aliphatic rings. The molecule has 0 atom stereocenters. The summed E-state index contributed by atoms with van der Waals surface area (Å²) in [7, 11) is 3.71. The molecule has 0 radical (unpaired) electrons. The first-order valence-corrected chi connectivity index (χ1v) is 5.76. The summed E-state index contributed by atoms with van der Waals surface area (Å²) in [5.41, 5.74) is 1.03. The van der Waals surface area contributed by atoms with Crippen molar-refractivity contribution in [3.05, 3.63) is 41.9 Å². The zero-order chi connectivity index (χ0) is 13.0. The van der Waals surface area contributed by atoms with Gasteiger partial charge in [0, 0.05) is 26.4 Å². The monoisotopic (exact) mass is 248 g/mol. The lowest BCUT2D eigenvalue weighted by Crippen LogP contribution is -2.07. The highest BCUT2D eigenvalue weighted by Crippen LogP contribution is 2.21. The summed E-state index contributed by atoms with van der Waals surface area (Å²) in [4.78, 5) is 17.9. The molecule has 0 saturated carbocycles. The summed E-state index contributed by atoms with van der Waals surface area (Å²) in [5, 5.41) is 0. The average molecular weight is 248 g/mol. The molecule has 0 aliphatic carbocycles. The van der Waals surface area contributed by atoms with Gasteiger partial charge in [-0.25, -0.2) is 4.98 Å². The predicted molar refractivity (Wildman–Crippen MR) is 66.0 cm³/mol. The van der Waals surface area contributed by atoms with Crippen molar-refractivity contribution in [2.24, 2.45) is 0 Å². The fourth-order valence-corrected chi connectivity index (χ4v) is 1.55. The van der Waals surface area contributed by atoms with E-state index in [0.717, 1.165) is 0 Å². The number of carbonyl (C=O) groups is 1. The van der Waals surface area contributed by atoms with Crippen molar-refractivity contribution in [3.8, 4) is 0 Å². The molecule has 0 unspecified atom stereocenters. The highest BCUT2D eigenvalue weighted by molar-refractivity contribution is 6.02. The van der Waals surface area contributed by atoms with Crippen LogP contribution in [0, 0.1) is 0 Å². The lowest BCUT2D eigenvalue weighted by Gasteiger charge is -2.08. The van der Waals surface area contributed by atoms with Gasteiger partial charge in [0.1, 0.15) is 5.69 Å². The molecular weight excluding hydrogens is 232 g/mol. The van der Waals surface area contributed by atoms with Gasteiger partial charge in [0.05, 0.1) is 18.9 Å². The van der Waals surface area contributed by atoms with E-state index in [1.807, 2.05) is 14.1 Å². The molecule has 2 rings (SSSR count). The molecule has 1 saturated heterocycles. The van der Waals surface area contributed by atoms with Crippen molar-refractivity contribution in [2.45, 2.75) is 6.29 Å². The Morgan fingerprint density at radius 2 is 2.11 bits per heavy atom. The molecule has 2 heterocycles. The second-order valence-electron chi connectivity index (χ2n) is 4.16. The number of carbonyl (C=O) groups excluding carboxylic acids is 1. The van der Waals surface area contributed by atoms with Gasteiger partial charge in [-0.1, -0.05) is 6.07 Å². The number of ether oxygens (including phenoxy) is 2. The average Bonchev–Trinajstić information content (AvgIpc) is 2.90. The van der Waals surface area contributed by atoms with Gasteiger partial charge in [-0.2, -0.15) is 0 Å². The Kier molecular flexibility index (Phi) is 4.07. The largest absolute Gasteiger partial charge is 0.383 e. The number of rotatable bonds is 4. The molecule has 1 aromatic heterocycles. The Bertz CT molecular complexity index is 451. The van der Waals surface area contributed by atoms with Crippen LogP contribution < -0.4 is 0 Å². The number of ketones is 1. The molecule has 1 aliphatic heterocycles. The number of hydrogen-bond donors (Lipinski definition) is 0. The summed E-state index contributed by atoms with van der Waals surface area (Å²) in [5.74, 6) is -0.136. The molecular formula is C13H16N2O3. The molecule has 1 aromatic rings. The van der Waals surface area contributed by atoms with Crippen LogP contribution in [0.1, 0.15) is 22.5 Å². The minimum Gasteiger partial charge on any atom is -0.383 e. The summed E-state index contributed by atoms with van der Waals surface area (Å²) >= 11 is 0. The van der Waals surface area contributed by atoms with Crippen molar-refractivity contribution in [1.82, 2.24) is 9.88 Å². The highest BCUT2D eigenvalue weighted by Gasteiger charge is 2.20. The van der Waals surface area contributed by atoms with Gasteiger partial charge in [0.15, 0.2) is 0 Å². The number of allylic oxidation sites excluding steroid dienone is 1. The van der Waals surface area contributed by atoms with Gasteiger partial charge in [0.25, 0.3) is 0 Å². The maximum absolute atomic E-state index is 11.9. The van der Waals surface area contributed by atoms with E-state index < -0.39 is 6.29 Å². The Morgan fingerprint density at radius 1 is 1.39 bits per heavy atom. The molecule has 5 heteroatoms. The van der Waals surface area contributed by atoms with Crippen LogP contribution in [0.4, 0.5) is 0 Å². The van der Waals surface area contributed by atoms with Crippen LogP contribution in [0.5, 0.6) is 0 Å². The van der Waals surface area contributed by atoms with E-state index in [2.05, 4.69) is 4.98 Å². The van der Waals surface area contributed by atoms with E-state index in [1.165, 1.54) is 6.08 Å². The summed E-state index contributed by atoms with van der Waals surface area (Å²) in [6.45, 7) is 1.12. The first-order chi connectivity index (χ1) is 8.66. The van der Waals surface area contributed by atoms with Crippen molar-refractivity contribution in [3.63, 3.8) is 0 Å². The van der Waals surface area contributed by atoms with Crippen LogP contribution in [0.25, 0.3) is 0 Å². The molecule has 5 nitrogen and oxygen atoms in total. The lowest BCUT2D eigenvalue weighted by molar-refractivity contribution is -0.0473. The number of hydrogen-bond acceptors (Lipinski definition) is 5. The third-order valence-electron chi connectivity index (χ3n) is 2.41. The molecule has 0 spiro atoms. The standard InChI is InChI=1S/C13H16N2O3/c1-15(2)7-6-12(16)10-4-3-5-11(14-10)13-17-8-9-18-13/h3-7,13H,8-9H2,1-2H3. The highest BCUT2D eigenvalue weighted by atomic mass is 16.7. The normalized spacial score (nSPS) is 16.3. The van der Waals surface area contributed by atoms with Gasteiger partial charge in [-0.15, -0.1) is 0 Å². The minimum atomic E-state index is -0.449. The van der Waals surface area contributed by atoms with Crippen LogP contribution in [0.3, 0.4) is 0 Å². The zero-order valence-corrected chi connectivity index (χ0v) is 10.5. The van der Waals surface area contributed by atoms with Crippen molar-refractivity contribution in [1.29, 1.82) is 0 Å². The third kappa shape index (κ3) is 3.15. The molecule has 0 aromatic carbocycles. The number of pyridine rings is 1. The van der Waals surface area contributed by atoms with Gasteiger partial charge in [-0.3, -0.25) is 4.79 Å². The van der Waals surface area contributed by atoms with E-state index in [4.69, 9.17) is 9.47 Å². The quantitative estimate of drug-likeness (QED) is 0.595. The van der Waals surface area contributed by atoms with Gasteiger partial charge >= 0.3 is 0 Å². The SMILES string of the molecule is CN(C)C=CC(=O)c1cccc(C2OCCO2)n1. The predicted octanol–water partition coefficient (Wildman–Crippen LogP) is 1.39. The van der Waals surface area contributed by atoms with Crippen LogP contribution in [0.2, 0.25) is 0 Å². The number of nitrogens with zero attached hydrogens (tertiary/aromatic N) is 2. The van der Waals surface area contributed by atoms with E-state index >= 15 is 0 Å². The summed E-state index contributed by atoms with van der Waals surface area (Å²) < 4.78 is 10.7. The summed E-state index contributed by atoms with van der Waals surface area (Å²) in [6.07, 6.45) is 2.73. The molecule has 1 fully saturated rings. The van der Waals surface area contributed by atoms with Crippen molar-refractivity contribution < 1.29 is 14.3 Å². The second kappa shape index (κ2) is 5.75. The van der Waals surface area contributed by atoms with E-state index in [9.17, 15) is 4.79 Å². The van der Waals surface area contributed by atoms with Crippen molar-refractivity contribution >= 4 is 5.78 Å². The molecule has 0 bridgehead atoms. The van der Waals surface area contributed by atoms with Gasteiger partial charge in [0.2, 0.25) is 12.1 Å². The fourth-order valence-electron chi connectivity index (χ4n) is 1.55. The van der Waals surface area contributed by atoms with Crippen molar-refractivity contribution in [2.75, 3.05) is 27.3 Å². The molecule has 18 heavy (non-hydrogen) atoms. The van der Waals surface area contributed by atoms with Gasteiger partial charge in [-0.05, 0) is 12.1 Å². The zero-order valence-electron chi connectivity index (χ0n) is 10.5. The van der Waals surface area contributed by atoms with Crippen LogP contribution in [-0.2, 0) is 9.47 Å². The Hall–Kier alpha value is -1.72. The van der Waals surface area contributed by atoms with Crippen LogP contribution in [-0.4, -0.2) is 43.0 Å². The fraction of sp³-hybridized carbons (Fsp3) is 0.385. The first-order valence-electron chi connectivity index (χ1n) is 5.76. The maximum atomic E-state index is 11.9. The number of aromatic nitrogens is 1. The lowest BCUT2D eigenvalue weighted by atomic mass is 10.2. The molecule has 96 valence electrons. The first kappa shape index (κ1) is 12.7. The minimum absolute atomic E-state index is 0.136. The van der Waals surface area contributed by atoms with Crippen LogP contribution in [0.15, 0.2) is 30.5 Å². The molecule has 0 N–H and O–H groups in total. The Morgan fingerprint density at radius 3 is 2.78 bits per heavy atom. The van der Waals surface area contributed by atoms with Gasteiger partial charge < -0.3 is 14.4 Å². The Balaban J connectivity index is 2.13. The topological polar surface area (TPSA) is 51.7 Å². The van der Waals surface area contributed by atoms with E-state index in [-0.39, 0.29) is 5.78 Å². The van der Waals surface area contributed by atoms with E-state index in [1.54, 1.807) is 29.3 Å². The summed E-state index contributed by atoms with van der Waals surface area (Å²) in [6, 6.07) is 5.26. The third-order valence-corrected chi connectivity index (χ3v) is 2.41. The maximum Gasteiger partial charge on any atom is 0.205 e. The van der Waals surface area contributed by atoms with E-state index in [0.29, 0.717) is 24.6 Å². The smallest absolute Gasteiger partial charge is 0.205 e. The molecule has 0 amide bonds. The second-order valence-corrected chi connectivity index (χ2v) is 4.16. The van der Waals surface area contributed by atoms with Crippen LogP contribution >= 0.6 is 0 Å². The Labute approximate surface area is 106 Å².